The molecule has 1 aliphatic rings. The van der Waals surface area contributed by atoms with E-state index >= 15 is 0 Å². The van der Waals surface area contributed by atoms with E-state index in [1.54, 1.807) is 0 Å². The smallest absolute Gasteiger partial charge is 0.0422 e. The lowest BCUT2D eigenvalue weighted by atomic mass is 9.92. The maximum absolute atomic E-state index is 5.77. The molecule has 0 saturated carbocycles. The number of allylic oxidation sites excluding steroid dienone is 1. The Labute approximate surface area is 117 Å². The summed E-state index contributed by atoms with van der Waals surface area (Å²) in [5.74, 6) is 5.77. The highest BCUT2D eigenvalue weighted by atomic mass is 15.2. The molecule has 1 aromatic rings. The van der Waals surface area contributed by atoms with E-state index in [1.165, 1.54) is 49.7 Å². The Kier molecular flexibility index (Phi) is 6.12. The van der Waals surface area contributed by atoms with Gasteiger partial charge in [0.1, 0.15) is 0 Å². The lowest BCUT2D eigenvalue weighted by molar-refractivity contribution is 0.513. The van der Waals surface area contributed by atoms with Crippen LogP contribution in [0.15, 0.2) is 42.0 Å². The van der Waals surface area contributed by atoms with Crippen LogP contribution < -0.4 is 11.3 Å². The van der Waals surface area contributed by atoms with Gasteiger partial charge in [-0.2, -0.15) is 0 Å². The minimum atomic E-state index is 0.346. The molecule has 0 saturated heterocycles. The van der Waals surface area contributed by atoms with E-state index in [0.717, 1.165) is 12.8 Å². The fraction of sp³-hybridized carbons (Fsp3) is 0.529. The van der Waals surface area contributed by atoms with Gasteiger partial charge in [-0.25, -0.2) is 0 Å². The molecular weight excluding hydrogens is 232 g/mol. The number of hydrogen-bond acceptors (Lipinski definition) is 2. The zero-order valence-electron chi connectivity index (χ0n) is 11.8. The minimum Gasteiger partial charge on any atom is -0.271 e. The minimum absolute atomic E-state index is 0.346. The van der Waals surface area contributed by atoms with Crippen molar-refractivity contribution in [2.75, 3.05) is 0 Å². The van der Waals surface area contributed by atoms with Crippen molar-refractivity contribution >= 4 is 0 Å². The monoisotopic (exact) mass is 258 g/mol. The van der Waals surface area contributed by atoms with Gasteiger partial charge in [-0.3, -0.25) is 11.3 Å². The molecule has 1 unspecified atom stereocenters. The zero-order chi connectivity index (χ0) is 13.3. The third-order valence-electron chi connectivity index (χ3n) is 4.04. The third kappa shape index (κ3) is 4.81. The maximum atomic E-state index is 5.77. The molecule has 104 valence electrons. The Hall–Kier alpha value is -1.12. The first kappa shape index (κ1) is 14.3. The highest BCUT2D eigenvalue weighted by molar-refractivity contribution is 5.17. The van der Waals surface area contributed by atoms with Crippen LogP contribution in [-0.4, -0.2) is 6.04 Å². The highest BCUT2D eigenvalue weighted by Crippen LogP contribution is 2.21. The standard InChI is InChI=1S/C17H26N2/c18-19-17(14-13-15-9-5-4-6-10-15)16-11-7-2-1-3-8-12-16/h4-6,9-11,17,19H,1-3,7-8,12-14,18H2/b16-11+. The third-order valence-corrected chi connectivity index (χ3v) is 4.04. The molecule has 0 aromatic heterocycles. The molecule has 2 rings (SSSR count). The van der Waals surface area contributed by atoms with Crippen LogP contribution in [0, 0.1) is 0 Å². The number of nitrogens with one attached hydrogen (secondary N) is 1. The Morgan fingerprint density at radius 1 is 1.05 bits per heavy atom. The van der Waals surface area contributed by atoms with Crippen molar-refractivity contribution in [1.82, 2.24) is 5.43 Å². The maximum Gasteiger partial charge on any atom is 0.0422 e. The lowest BCUT2D eigenvalue weighted by Gasteiger charge is -2.21. The van der Waals surface area contributed by atoms with Crippen LogP contribution in [0.3, 0.4) is 0 Å². The second kappa shape index (κ2) is 8.13. The summed E-state index contributed by atoms with van der Waals surface area (Å²) in [7, 11) is 0. The van der Waals surface area contributed by atoms with E-state index in [2.05, 4.69) is 41.8 Å². The second-order valence-electron chi connectivity index (χ2n) is 5.48. The number of rotatable bonds is 5. The van der Waals surface area contributed by atoms with Gasteiger partial charge in [0.2, 0.25) is 0 Å². The summed E-state index contributed by atoms with van der Waals surface area (Å²) in [6.07, 6.45) is 12.4. The normalized spacial score (nSPS) is 21.0. The van der Waals surface area contributed by atoms with Crippen molar-refractivity contribution in [3.8, 4) is 0 Å². The molecular formula is C17H26N2. The summed E-state index contributed by atoms with van der Waals surface area (Å²) in [6.45, 7) is 0. The molecule has 0 fully saturated rings. The molecule has 1 aromatic carbocycles. The first-order chi connectivity index (χ1) is 9.40. The lowest BCUT2D eigenvalue weighted by Crippen LogP contribution is -2.37. The first-order valence-corrected chi connectivity index (χ1v) is 7.59. The number of benzene rings is 1. The molecule has 0 amide bonds. The van der Waals surface area contributed by atoms with E-state index in [-0.39, 0.29) is 0 Å². The van der Waals surface area contributed by atoms with Gasteiger partial charge in [-0.1, -0.05) is 54.8 Å². The fourth-order valence-corrected chi connectivity index (χ4v) is 2.86. The van der Waals surface area contributed by atoms with Crippen LogP contribution >= 0.6 is 0 Å². The number of hydrogen-bond donors (Lipinski definition) is 2. The van der Waals surface area contributed by atoms with E-state index in [9.17, 15) is 0 Å². The summed E-state index contributed by atoms with van der Waals surface area (Å²) in [6, 6.07) is 11.0. The second-order valence-corrected chi connectivity index (χ2v) is 5.48. The molecule has 0 heterocycles. The van der Waals surface area contributed by atoms with Crippen molar-refractivity contribution in [2.24, 2.45) is 5.84 Å². The van der Waals surface area contributed by atoms with Crippen LogP contribution in [0.25, 0.3) is 0 Å². The van der Waals surface area contributed by atoms with E-state index in [1.807, 2.05) is 0 Å². The summed E-state index contributed by atoms with van der Waals surface area (Å²) < 4.78 is 0. The molecule has 0 radical (unpaired) electrons. The largest absolute Gasteiger partial charge is 0.271 e. The van der Waals surface area contributed by atoms with Gasteiger partial charge in [0.15, 0.2) is 0 Å². The topological polar surface area (TPSA) is 38.0 Å². The predicted octanol–water partition coefficient (Wildman–Crippen LogP) is 3.73. The molecule has 1 aliphatic carbocycles. The Balaban J connectivity index is 1.91. The molecule has 2 nitrogen and oxygen atoms in total. The van der Waals surface area contributed by atoms with Crippen molar-refractivity contribution < 1.29 is 0 Å². The molecule has 1 atom stereocenters. The first-order valence-electron chi connectivity index (χ1n) is 7.59. The summed E-state index contributed by atoms with van der Waals surface area (Å²) in [5.41, 5.74) is 5.95. The Morgan fingerprint density at radius 2 is 1.84 bits per heavy atom. The van der Waals surface area contributed by atoms with E-state index in [4.69, 9.17) is 5.84 Å². The van der Waals surface area contributed by atoms with E-state index < -0.39 is 0 Å². The molecule has 0 spiro atoms. The summed E-state index contributed by atoms with van der Waals surface area (Å²) in [4.78, 5) is 0. The highest BCUT2D eigenvalue weighted by Gasteiger charge is 2.13. The van der Waals surface area contributed by atoms with Gasteiger partial charge in [0.25, 0.3) is 0 Å². The van der Waals surface area contributed by atoms with Gasteiger partial charge in [-0.15, -0.1) is 0 Å². The summed E-state index contributed by atoms with van der Waals surface area (Å²) >= 11 is 0. The Bertz CT molecular complexity index is 384. The van der Waals surface area contributed by atoms with Gasteiger partial charge < -0.3 is 0 Å². The quantitative estimate of drug-likeness (QED) is 0.480. The van der Waals surface area contributed by atoms with Crippen LogP contribution in [-0.2, 0) is 6.42 Å². The number of aryl methyl sites for hydroxylation is 1. The van der Waals surface area contributed by atoms with Gasteiger partial charge >= 0.3 is 0 Å². The zero-order valence-corrected chi connectivity index (χ0v) is 11.8. The van der Waals surface area contributed by atoms with Crippen molar-refractivity contribution in [2.45, 2.75) is 57.4 Å². The molecule has 3 N–H and O–H groups in total. The molecule has 0 aliphatic heterocycles. The fourth-order valence-electron chi connectivity index (χ4n) is 2.86. The van der Waals surface area contributed by atoms with Gasteiger partial charge in [0, 0.05) is 6.04 Å². The van der Waals surface area contributed by atoms with Crippen molar-refractivity contribution in [3.05, 3.63) is 47.5 Å². The average Bonchev–Trinajstić information content (AvgIpc) is 2.42. The van der Waals surface area contributed by atoms with Gasteiger partial charge in [0.05, 0.1) is 0 Å². The molecule has 2 heteroatoms. The van der Waals surface area contributed by atoms with E-state index in [0.29, 0.717) is 6.04 Å². The molecule has 19 heavy (non-hydrogen) atoms. The van der Waals surface area contributed by atoms with Crippen LogP contribution in [0.1, 0.15) is 50.5 Å². The number of nitrogens with two attached hydrogens (primary N) is 1. The van der Waals surface area contributed by atoms with Crippen LogP contribution in [0.4, 0.5) is 0 Å². The van der Waals surface area contributed by atoms with Crippen LogP contribution in [0.5, 0.6) is 0 Å². The number of hydrazine groups is 1. The van der Waals surface area contributed by atoms with Crippen molar-refractivity contribution in [3.63, 3.8) is 0 Å². The van der Waals surface area contributed by atoms with Crippen LogP contribution in [0.2, 0.25) is 0 Å². The van der Waals surface area contributed by atoms with Gasteiger partial charge in [-0.05, 0) is 44.1 Å². The Morgan fingerprint density at radius 3 is 2.63 bits per heavy atom. The average molecular weight is 258 g/mol. The SMILES string of the molecule is NNC(CCc1ccccc1)/C1=C/CCCCCC1. The molecule has 0 bridgehead atoms. The van der Waals surface area contributed by atoms with Crippen molar-refractivity contribution in [1.29, 1.82) is 0 Å². The predicted molar refractivity (Wildman–Crippen MR) is 81.7 cm³/mol. The summed E-state index contributed by atoms with van der Waals surface area (Å²) in [5, 5.41) is 0.